The van der Waals surface area contributed by atoms with E-state index in [4.69, 9.17) is 9.47 Å². The molecule has 4 aromatic rings. The topological polar surface area (TPSA) is 135 Å². The third-order valence-electron chi connectivity index (χ3n) is 7.13. The van der Waals surface area contributed by atoms with Gasteiger partial charge in [0.1, 0.15) is 11.0 Å². The van der Waals surface area contributed by atoms with Crippen LogP contribution in [0.3, 0.4) is 0 Å². The first-order valence-corrected chi connectivity index (χ1v) is 15.2. The lowest BCUT2D eigenvalue weighted by molar-refractivity contribution is -0.122. The Morgan fingerprint density at radius 1 is 0.930 bits per heavy atom. The van der Waals surface area contributed by atoms with Crippen molar-refractivity contribution in [3.05, 3.63) is 105 Å². The molecule has 0 spiro atoms. The van der Waals surface area contributed by atoms with Crippen LogP contribution in [0, 0.1) is 5.92 Å². The van der Waals surface area contributed by atoms with Crippen molar-refractivity contribution in [3.63, 3.8) is 0 Å². The van der Waals surface area contributed by atoms with Gasteiger partial charge in [0.2, 0.25) is 11.8 Å². The summed E-state index contributed by atoms with van der Waals surface area (Å²) in [4.78, 5) is 68.7. The summed E-state index contributed by atoms with van der Waals surface area (Å²) in [5.41, 5.74) is 2.06. The van der Waals surface area contributed by atoms with Gasteiger partial charge in [-0.05, 0) is 61.0 Å². The van der Waals surface area contributed by atoms with Crippen LogP contribution in [-0.4, -0.2) is 47.1 Å². The number of imide groups is 1. The van der Waals surface area contributed by atoms with Crippen LogP contribution in [0.5, 0.6) is 5.75 Å². The Hall–Kier alpha value is -4.68. The number of esters is 1. The zero-order valence-electron chi connectivity index (χ0n) is 22.8. The highest BCUT2D eigenvalue weighted by Crippen LogP contribution is 2.53. The number of nitrogens with zero attached hydrogens (tertiary/aromatic N) is 1. The average molecular weight is 616 g/mol. The molecule has 2 N–H and O–H groups in total. The van der Waals surface area contributed by atoms with E-state index in [-0.39, 0.29) is 29.9 Å². The van der Waals surface area contributed by atoms with Crippen LogP contribution < -0.4 is 19.8 Å². The van der Waals surface area contributed by atoms with Crippen LogP contribution in [0.4, 0.5) is 11.4 Å². The number of rotatable bonds is 8. The van der Waals surface area contributed by atoms with Gasteiger partial charge < -0.3 is 19.8 Å². The summed E-state index contributed by atoms with van der Waals surface area (Å²) in [6.45, 7) is 1.75. The molecule has 1 saturated heterocycles. The maximum atomic E-state index is 13.9. The predicted molar refractivity (Wildman–Crippen MR) is 162 cm³/mol. The lowest BCUT2D eigenvalue weighted by Crippen LogP contribution is -2.32. The van der Waals surface area contributed by atoms with Gasteiger partial charge in [-0.1, -0.05) is 53.4 Å². The zero-order valence-corrected chi connectivity index (χ0v) is 24.4. The largest absolute Gasteiger partial charge is 0.484 e. The fourth-order valence-electron chi connectivity index (χ4n) is 5.23. The number of aromatic nitrogens is 1. The monoisotopic (exact) mass is 615 g/mol. The van der Waals surface area contributed by atoms with E-state index in [9.17, 15) is 24.0 Å². The molecule has 0 bridgehead atoms. The Morgan fingerprint density at radius 2 is 1.65 bits per heavy atom. The Morgan fingerprint density at radius 3 is 2.35 bits per heavy atom. The molecule has 10 nitrogen and oxygen atoms in total. The molecule has 0 aliphatic carbocycles. The quantitative estimate of drug-likeness (QED) is 0.220. The summed E-state index contributed by atoms with van der Waals surface area (Å²) in [5.74, 6) is -2.44. The van der Waals surface area contributed by atoms with Gasteiger partial charge in [0.25, 0.3) is 5.91 Å². The number of thioether (sulfide) groups is 1. The molecule has 3 amide bonds. The molecule has 1 aromatic heterocycles. The predicted octanol–water partition coefficient (Wildman–Crippen LogP) is 4.43. The van der Waals surface area contributed by atoms with Gasteiger partial charge in [-0.25, -0.2) is 9.69 Å². The van der Waals surface area contributed by atoms with Crippen molar-refractivity contribution < 1.29 is 28.7 Å². The fourth-order valence-corrected chi connectivity index (χ4v) is 7.75. The molecular formula is C31H25N3O7S2. The minimum atomic E-state index is -0.760. The highest BCUT2D eigenvalue weighted by atomic mass is 32.2. The molecule has 2 aliphatic heterocycles. The number of thiazole rings is 1. The van der Waals surface area contributed by atoms with Crippen molar-refractivity contribution in [1.29, 1.82) is 0 Å². The molecule has 1 fully saturated rings. The minimum absolute atomic E-state index is 0.195. The average Bonchev–Trinajstić information content (AvgIpc) is 3.51. The van der Waals surface area contributed by atoms with Crippen molar-refractivity contribution >= 4 is 58.2 Å². The van der Waals surface area contributed by atoms with Crippen LogP contribution in [0.25, 0.3) is 0 Å². The van der Waals surface area contributed by atoms with Gasteiger partial charge in [0, 0.05) is 16.5 Å². The number of anilines is 2. The molecule has 3 atom stereocenters. The number of aromatic amines is 1. The smallest absolute Gasteiger partial charge is 0.338 e. The lowest BCUT2D eigenvalue weighted by Gasteiger charge is -2.29. The van der Waals surface area contributed by atoms with Crippen LogP contribution in [-0.2, 0) is 19.1 Å². The van der Waals surface area contributed by atoms with Crippen LogP contribution in [0.15, 0.2) is 88.7 Å². The maximum absolute atomic E-state index is 13.9. The molecule has 43 heavy (non-hydrogen) atoms. The molecule has 3 heterocycles. The Labute approximate surface area is 254 Å². The second-order valence-corrected chi connectivity index (χ2v) is 12.0. The van der Waals surface area contributed by atoms with E-state index in [1.54, 1.807) is 55.5 Å². The van der Waals surface area contributed by atoms with Crippen molar-refractivity contribution in [2.75, 3.05) is 23.4 Å². The number of H-pyrrole nitrogens is 1. The van der Waals surface area contributed by atoms with E-state index in [0.717, 1.165) is 21.8 Å². The van der Waals surface area contributed by atoms with Crippen LogP contribution in [0.2, 0.25) is 0 Å². The maximum Gasteiger partial charge on any atom is 0.338 e. The number of benzene rings is 3. The fraction of sp³-hybridized carbons (Fsp3) is 0.194. The molecule has 2 aliphatic rings. The van der Waals surface area contributed by atoms with Gasteiger partial charge in [-0.2, -0.15) is 0 Å². The van der Waals surface area contributed by atoms with Crippen LogP contribution >= 0.6 is 23.1 Å². The number of nitrogens with one attached hydrogen (secondary N) is 2. The second-order valence-electron chi connectivity index (χ2n) is 9.80. The Balaban J connectivity index is 1.24. The highest BCUT2D eigenvalue weighted by Gasteiger charge is 2.56. The van der Waals surface area contributed by atoms with Gasteiger partial charge in [-0.3, -0.25) is 19.2 Å². The van der Waals surface area contributed by atoms with Crippen molar-refractivity contribution in [3.8, 4) is 5.75 Å². The minimum Gasteiger partial charge on any atom is -0.484 e. The number of fused-ring (bicyclic) bond motifs is 2. The van der Waals surface area contributed by atoms with Gasteiger partial charge in [0.15, 0.2) is 6.61 Å². The lowest BCUT2D eigenvalue weighted by atomic mass is 9.83. The third-order valence-corrected chi connectivity index (χ3v) is 9.53. The first kappa shape index (κ1) is 28.4. The molecule has 0 radical (unpaired) electrons. The summed E-state index contributed by atoms with van der Waals surface area (Å²) in [5, 5.41) is 2.58. The van der Waals surface area contributed by atoms with E-state index in [2.05, 4.69) is 10.3 Å². The first-order valence-electron chi connectivity index (χ1n) is 13.5. The summed E-state index contributed by atoms with van der Waals surface area (Å²) in [6, 6.07) is 22.2. The number of carbonyl (C=O) groups is 4. The normalized spacial score (nSPS) is 19.0. The van der Waals surface area contributed by atoms with Crippen molar-refractivity contribution in [2.24, 2.45) is 5.92 Å². The number of hydrogen-bond acceptors (Lipinski definition) is 9. The molecule has 12 heteroatoms. The summed E-state index contributed by atoms with van der Waals surface area (Å²) in [7, 11) is 0. The van der Waals surface area contributed by atoms with Crippen LogP contribution in [0.1, 0.15) is 33.6 Å². The Kier molecular flexibility index (Phi) is 7.87. The van der Waals surface area contributed by atoms with Gasteiger partial charge in [-0.15, -0.1) is 0 Å². The highest BCUT2D eigenvalue weighted by molar-refractivity contribution is 8.00. The molecule has 218 valence electrons. The van der Waals surface area contributed by atoms with Gasteiger partial charge >= 0.3 is 10.8 Å². The number of hydrogen-bond donors (Lipinski definition) is 2. The van der Waals surface area contributed by atoms with Gasteiger partial charge in [0.05, 0.1) is 28.8 Å². The summed E-state index contributed by atoms with van der Waals surface area (Å²) < 4.78 is 10.7. The molecule has 6 rings (SSSR count). The van der Waals surface area contributed by atoms with E-state index in [1.807, 2.05) is 18.2 Å². The number of ether oxygens (including phenoxy) is 2. The van der Waals surface area contributed by atoms with E-state index in [0.29, 0.717) is 32.6 Å². The molecule has 2 unspecified atom stereocenters. The molecular weight excluding hydrogens is 590 g/mol. The number of amides is 3. The van der Waals surface area contributed by atoms with E-state index >= 15 is 0 Å². The van der Waals surface area contributed by atoms with Crippen molar-refractivity contribution in [1.82, 2.24) is 4.98 Å². The third kappa shape index (κ3) is 5.58. The summed E-state index contributed by atoms with van der Waals surface area (Å²) in [6.07, 6.45) is 0. The standard InChI is InChI=1S/C31H25N3O7S2/c1-2-40-30(38)18-8-12-20(13-9-18)34-28(36)24-23(25-27(33-31(39)43-25)42-26(24)29(34)37)17-10-14-21(15-11-17)41-16-22(35)32-19-6-4-3-5-7-19/h3-15,23-24,26H,2,16H2,1H3,(H,32,35)(H,33,39)/t23-,24?,26?/m1/s1. The molecule has 0 saturated carbocycles. The second kappa shape index (κ2) is 11.9. The zero-order chi connectivity index (χ0) is 30.1. The van der Waals surface area contributed by atoms with E-state index in [1.165, 1.54) is 23.9 Å². The summed E-state index contributed by atoms with van der Waals surface area (Å²) >= 11 is 2.21. The number of carbonyl (C=O) groups excluding carboxylic acids is 4. The molecule has 3 aromatic carbocycles. The SMILES string of the molecule is CCOC(=O)c1ccc(N2C(=O)C3Sc4[nH]c(=O)sc4[C@H](c4ccc(OCC(=O)Nc5ccccc5)cc4)C3C2=O)cc1. The Bertz CT molecular complexity index is 1750. The number of para-hydroxylation sites is 1. The first-order chi connectivity index (χ1) is 20.8. The van der Waals surface area contributed by atoms with Crippen molar-refractivity contribution in [2.45, 2.75) is 23.1 Å². The van der Waals surface area contributed by atoms with E-state index < -0.39 is 29.0 Å².